The Labute approximate surface area is 174 Å². The van der Waals surface area contributed by atoms with Crippen LogP contribution in [0.3, 0.4) is 0 Å². The van der Waals surface area contributed by atoms with Gasteiger partial charge in [0, 0.05) is 19.2 Å². The van der Waals surface area contributed by atoms with Crippen molar-refractivity contribution in [3.63, 3.8) is 0 Å². The second-order valence-corrected chi connectivity index (χ2v) is 6.59. The fraction of sp³-hybridized carbons (Fsp3) is 0.381. The van der Waals surface area contributed by atoms with E-state index in [1.807, 2.05) is 13.8 Å². The van der Waals surface area contributed by atoms with Gasteiger partial charge >= 0.3 is 5.69 Å². The minimum atomic E-state index is -0.612. The molecule has 0 saturated heterocycles. The lowest BCUT2D eigenvalue weighted by Gasteiger charge is -2.16. The molecule has 162 valence electrons. The lowest BCUT2D eigenvalue weighted by atomic mass is 10.2. The second-order valence-electron chi connectivity index (χ2n) is 6.59. The maximum Gasteiger partial charge on any atom is 0.332 e. The van der Waals surface area contributed by atoms with Gasteiger partial charge in [-0.1, -0.05) is 19.9 Å². The molecular weight excluding hydrogens is 388 g/mol. The fourth-order valence-corrected chi connectivity index (χ4v) is 2.99. The molecule has 9 nitrogen and oxygen atoms in total. The van der Waals surface area contributed by atoms with E-state index in [9.17, 15) is 14.4 Å². The Balaban J connectivity index is 2.35. The van der Waals surface area contributed by atoms with Crippen LogP contribution in [0.4, 0.5) is 11.5 Å². The van der Waals surface area contributed by atoms with Gasteiger partial charge in [-0.25, -0.2) is 4.79 Å². The zero-order valence-electron chi connectivity index (χ0n) is 17.7. The molecule has 2 rings (SSSR count). The van der Waals surface area contributed by atoms with Gasteiger partial charge in [0.1, 0.15) is 11.5 Å². The van der Waals surface area contributed by atoms with Crippen LogP contribution in [0, 0.1) is 0 Å². The molecule has 0 fully saturated rings. The Morgan fingerprint density at radius 2 is 1.70 bits per heavy atom. The first-order valence-corrected chi connectivity index (χ1v) is 9.72. The van der Waals surface area contributed by atoms with Crippen molar-refractivity contribution in [3.8, 4) is 11.5 Å². The molecule has 0 spiro atoms. The Bertz CT molecular complexity index is 1050. The van der Waals surface area contributed by atoms with Crippen molar-refractivity contribution in [1.29, 1.82) is 0 Å². The highest BCUT2D eigenvalue weighted by atomic mass is 16.5. The predicted octanol–water partition coefficient (Wildman–Crippen LogP) is 2.08. The van der Waals surface area contributed by atoms with Crippen molar-refractivity contribution in [2.75, 3.05) is 25.3 Å². The van der Waals surface area contributed by atoms with Gasteiger partial charge in [0.15, 0.2) is 11.5 Å². The van der Waals surface area contributed by atoms with Crippen molar-refractivity contribution < 1.29 is 14.3 Å². The number of methoxy groups -OCH3 is 2. The van der Waals surface area contributed by atoms with E-state index >= 15 is 0 Å². The van der Waals surface area contributed by atoms with Crippen LogP contribution >= 0.6 is 0 Å². The normalized spacial score (nSPS) is 10.9. The minimum Gasteiger partial charge on any atom is -0.493 e. The molecule has 0 saturated carbocycles. The first-order valence-electron chi connectivity index (χ1n) is 9.72. The van der Waals surface area contributed by atoms with Crippen LogP contribution < -0.4 is 31.8 Å². The Morgan fingerprint density at radius 1 is 1.07 bits per heavy atom. The SMILES string of the molecule is CCCn1c(N)c(NC(=O)C=Cc2ccc(OC)c(OC)c2)c(=O)n(CCC)c1=O. The summed E-state index contributed by atoms with van der Waals surface area (Å²) in [6.45, 7) is 4.34. The molecule has 1 aromatic heterocycles. The van der Waals surface area contributed by atoms with E-state index in [1.54, 1.807) is 24.3 Å². The molecule has 0 aliphatic carbocycles. The number of rotatable bonds is 9. The Kier molecular flexibility index (Phi) is 7.85. The zero-order valence-corrected chi connectivity index (χ0v) is 17.7. The van der Waals surface area contributed by atoms with Crippen LogP contribution in [0.2, 0.25) is 0 Å². The molecule has 0 aliphatic heterocycles. The van der Waals surface area contributed by atoms with Crippen LogP contribution in [0.1, 0.15) is 32.3 Å². The number of hydrogen-bond donors (Lipinski definition) is 2. The molecule has 1 amide bonds. The number of ether oxygens (including phenoxy) is 2. The number of anilines is 2. The average Bonchev–Trinajstić information content (AvgIpc) is 2.75. The molecule has 1 heterocycles. The number of aromatic nitrogens is 2. The number of nitrogens with one attached hydrogen (secondary N) is 1. The highest BCUT2D eigenvalue weighted by Gasteiger charge is 2.17. The summed E-state index contributed by atoms with van der Waals surface area (Å²) in [7, 11) is 3.06. The van der Waals surface area contributed by atoms with Crippen molar-refractivity contribution in [1.82, 2.24) is 9.13 Å². The van der Waals surface area contributed by atoms with Crippen molar-refractivity contribution >= 4 is 23.5 Å². The van der Waals surface area contributed by atoms with Crippen molar-refractivity contribution in [2.45, 2.75) is 39.8 Å². The summed E-state index contributed by atoms with van der Waals surface area (Å²) in [5.74, 6) is 0.505. The van der Waals surface area contributed by atoms with Gasteiger partial charge in [-0.3, -0.25) is 18.7 Å². The molecule has 0 bridgehead atoms. The van der Waals surface area contributed by atoms with Gasteiger partial charge in [-0.05, 0) is 36.6 Å². The van der Waals surface area contributed by atoms with E-state index in [1.165, 1.54) is 24.9 Å². The quantitative estimate of drug-likeness (QED) is 0.605. The van der Waals surface area contributed by atoms with Gasteiger partial charge < -0.3 is 20.5 Å². The predicted molar refractivity (Wildman–Crippen MR) is 117 cm³/mol. The Morgan fingerprint density at radius 3 is 2.30 bits per heavy atom. The van der Waals surface area contributed by atoms with Crippen molar-refractivity contribution in [3.05, 3.63) is 50.7 Å². The minimum absolute atomic E-state index is 0.0490. The maximum atomic E-state index is 12.7. The average molecular weight is 416 g/mol. The van der Waals surface area contributed by atoms with E-state index in [2.05, 4.69) is 5.32 Å². The van der Waals surface area contributed by atoms with Crippen LogP contribution in [0.15, 0.2) is 33.9 Å². The standard InChI is InChI=1S/C21H28N4O5/c1-5-11-24-19(22)18(20(27)25(12-6-2)21(24)28)23-17(26)10-8-14-7-9-15(29-3)16(13-14)30-4/h7-10,13H,5-6,11-12,22H2,1-4H3,(H,23,26). The molecule has 2 aromatic rings. The number of nitrogens with two attached hydrogens (primary N) is 1. The molecule has 3 N–H and O–H groups in total. The molecule has 30 heavy (non-hydrogen) atoms. The first-order chi connectivity index (χ1) is 14.4. The Hall–Kier alpha value is -3.49. The molecule has 0 radical (unpaired) electrons. The summed E-state index contributed by atoms with van der Waals surface area (Å²) >= 11 is 0. The third-order valence-electron chi connectivity index (χ3n) is 4.45. The number of benzene rings is 1. The molecule has 0 aliphatic rings. The van der Waals surface area contributed by atoms with E-state index < -0.39 is 17.2 Å². The van der Waals surface area contributed by atoms with Gasteiger partial charge in [0.05, 0.1) is 14.2 Å². The van der Waals surface area contributed by atoms with E-state index in [-0.39, 0.29) is 18.1 Å². The van der Waals surface area contributed by atoms with Crippen LogP contribution in [-0.2, 0) is 17.9 Å². The smallest absolute Gasteiger partial charge is 0.332 e. The molecule has 1 aromatic carbocycles. The summed E-state index contributed by atoms with van der Waals surface area (Å²) in [6, 6.07) is 5.19. The fourth-order valence-electron chi connectivity index (χ4n) is 2.99. The molecular formula is C21H28N4O5. The number of hydrogen-bond acceptors (Lipinski definition) is 6. The largest absolute Gasteiger partial charge is 0.493 e. The topological polar surface area (TPSA) is 118 Å². The zero-order chi connectivity index (χ0) is 22.3. The number of amides is 1. The number of nitrogen functional groups attached to an aromatic ring is 1. The summed E-state index contributed by atoms with van der Waals surface area (Å²) in [6.07, 6.45) is 4.10. The highest BCUT2D eigenvalue weighted by molar-refractivity contribution is 6.03. The van der Waals surface area contributed by atoms with Gasteiger partial charge in [0.25, 0.3) is 5.56 Å². The molecule has 0 unspecified atom stereocenters. The maximum absolute atomic E-state index is 12.7. The summed E-state index contributed by atoms with van der Waals surface area (Å²) < 4.78 is 12.8. The van der Waals surface area contributed by atoms with Gasteiger partial charge in [-0.2, -0.15) is 0 Å². The highest BCUT2D eigenvalue weighted by Crippen LogP contribution is 2.28. The lowest BCUT2D eigenvalue weighted by molar-refractivity contribution is -0.111. The van der Waals surface area contributed by atoms with Crippen LogP contribution in [0.25, 0.3) is 6.08 Å². The third kappa shape index (κ3) is 4.91. The summed E-state index contributed by atoms with van der Waals surface area (Å²) in [5.41, 5.74) is 5.56. The second kappa shape index (κ2) is 10.3. The van der Waals surface area contributed by atoms with Crippen LogP contribution in [0.5, 0.6) is 11.5 Å². The number of nitrogens with zero attached hydrogens (tertiary/aromatic N) is 2. The van der Waals surface area contributed by atoms with Gasteiger partial charge in [-0.15, -0.1) is 0 Å². The monoisotopic (exact) mass is 416 g/mol. The van der Waals surface area contributed by atoms with Crippen molar-refractivity contribution in [2.24, 2.45) is 0 Å². The molecule has 0 atom stereocenters. The van der Waals surface area contributed by atoms with Gasteiger partial charge in [0.2, 0.25) is 5.91 Å². The summed E-state index contributed by atoms with van der Waals surface area (Å²) in [4.78, 5) is 37.7. The molecule has 9 heteroatoms. The lowest BCUT2D eigenvalue weighted by Crippen LogP contribution is -2.42. The third-order valence-corrected chi connectivity index (χ3v) is 4.45. The van der Waals surface area contributed by atoms with E-state index in [4.69, 9.17) is 15.2 Å². The first kappa shape index (κ1) is 22.8. The van der Waals surface area contributed by atoms with Crippen LogP contribution in [-0.4, -0.2) is 29.3 Å². The number of carbonyl (C=O) groups excluding carboxylic acids is 1. The van der Waals surface area contributed by atoms with E-state index in [0.717, 1.165) is 4.57 Å². The summed E-state index contributed by atoms with van der Waals surface area (Å²) in [5, 5.41) is 2.52. The van der Waals surface area contributed by atoms with E-state index in [0.29, 0.717) is 36.4 Å². The number of carbonyl (C=O) groups is 1.